The normalized spacial score (nSPS) is 46.6. The summed E-state index contributed by atoms with van der Waals surface area (Å²) in [4.78, 5) is 12.2. The zero-order valence-corrected chi connectivity index (χ0v) is 20.6. The predicted octanol–water partition coefficient (Wildman–Crippen LogP) is 3.89. The van der Waals surface area contributed by atoms with Crippen LogP contribution in [0.1, 0.15) is 91.4 Å². The van der Waals surface area contributed by atoms with E-state index in [1.54, 1.807) is 0 Å². The van der Waals surface area contributed by atoms with E-state index < -0.39 is 0 Å². The number of nitrogens with one attached hydrogen (secondary N) is 1. The Morgan fingerprint density at radius 3 is 2.50 bits per heavy atom. The summed E-state index contributed by atoms with van der Waals surface area (Å²) in [5, 5.41) is 33.4. The molecule has 4 saturated carbocycles. The molecule has 0 aliphatic heterocycles. The third kappa shape index (κ3) is 4.27. The topological polar surface area (TPSA) is 89.8 Å². The molecule has 32 heavy (non-hydrogen) atoms. The van der Waals surface area contributed by atoms with Gasteiger partial charge in [0.05, 0.1) is 12.2 Å². The van der Waals surface area contributed by atoms with Crippen LogP contribution in [0.2, 0.25) is 0 Å². The quantitative estimate of drug-likeness (QED) is 0.444. The zero-order chi connectivity index (χ0) is 23.1. The summed E-state index contributed by atoms with van der Waals surface area (Å²) in [5.74, 6) is 3.30. The first-order valence-electron chi connectivity index (χ1n) is 13.4. The summed E-state index contributed by atoms with van der Waals surface area (Å²) in [5.41, 5.74) is 0.549. The second-order valence-corrected chi connectivity index (χ2v) is 12.4. The number of fused-ring (bicyclic) bond motifs is 5. The lowest BCUT2D eigenvalue weighted by Crippen LogP contribution is -2.58. The molecule has 184 valence electrons. The van der Waals surface area contributed by atoms with Gasteiger partial charge in [-0.1, -0.05) is 20.8 Å². The second-order valence-electron chi connectivity index (χ2n) is 12.4. The maximum absolute atomic E-state index is 12.2. The van der Waals surface area contributed by atoms with Crippen molar-refractivity contribution in [2.75, 3.05) is 13.2 Å². The molecule has 4 aliphatic rings. The highest BCUT2D eigenvalue weighted by Crippen LogP contribution is 2.68. The maximum atomic E-state index is 12.2. The second kappa shape index (κ2) is 9.54. The molecule has 0 aromatic heterocycles. The van der Waals surface area contributed by atoms with Gasteiger partial charge in [-0.05, 0) is 111 Å². The van der Waals surface area contributed by atoms with E-state index in [9.17, 15) is 15.0 Å². The van der Waals surface area contributed by atoms with Gasteiger partial charge in [0.25, 0.3) is 0 Å². The van der Waals surface area contributed by atoms with Gasteiger partial charge in [-0.15, -0.1) is 0 Å². The van der Waals surface area contributed by atoms with Gasteiger partial charge in [0.2, 0.25) is 5.91 Å². The van der Waals surface area contributed by atoms with Crippen molar-refractivity contribution < 1.29 is 20.1 Å². The average molecular weight is 450 g/mol. The highest BCUT2D eigenvalue weighted by atomic mass is 16.3. The Labute approximate surface area is 194 Å². The molecule has 4 aliphatic carbocycles. The van der Waals surface area contributed by atoms with E-state index in [1.807, 2.05) is 0 Å². The Balaban J connectivity index is 1.42. The minimum Gasteiger partial charge on any atom is -0.396 e. The molecule has 4 rings (SSSR count). The molecule has 0 aromatic rings. The molecule has 4 N–H and O–H groups in total. The lowest BCUT2D eigenvalue weighted by Gasteiger charge is -2.62. The van der Waals surface area contributed by atoms with E-state index >= 15 is 0 Å². The van der Waals surface area contributed by atoms with Crippen LogP contribution in [-0.2, 0) is 4.79 Å². The first-order chi connectivity index (χ1) is 15.2. The molecule has 4 fully saturated rings. The molecular weight excluding hydrogens is 402 g/mol. The Kier molecular flexibility index (Phi) is 7.30. The van der Waals surface area contributed by atoms with Gasteiger partial charge in [-0.3, -0.25) is 4.79 Å². The summed E-state index contributed by atoms with van der Waals surface area (Å²) >= 11 is 0. The van der Waals surface area contributed by atoms with Gasteiger partial charge in [-0.25, -0.2) is 0 Å². The summed E-state index contributed by atoms with van der Waals surface area (Å²) < 4.78 is 0. The van der Waals surface area contributed by atoms with E-state index in [1.165, 1.54) is 25.7 Å². The van der Waals surface area contributed by atoms with E-state index in [0.29, 0.717) is 54.9 Å². The van der Waals surface area contributed by atoms with Crippen LogP contribution < -0.4 is 5.32 Å². The third-order valence-corrected chi connectivity index (χ3v) is 10.9. The lowest BCUT2D eigenvalue weighted by molar-refractivity contribution is -0.174. The molecular formula is C27H47NO4. The lowest BCUT2D eigenvalue weighted by atomic mass is 9.43. The van der Waals surface area contributed by atoms with Crippen molar-refractivity contribution in [3.8, 4) is 0 Å². The van der Waals surface area contributed by atoms with E-state index in [2.05, 4.69) is 26.1 Å². The Morgan fingerprint density at radius 1 is 1.03 bits per heavy atom. The van der Waals surface area contributed by atoms with Crippen LogP contribution in [0.5, 0.6) is 0 Å². The van der Waals surface area contributed by atoms with Crippen molar-refractivity contribution in [3.05, 3.63) is 0 Å². The van der Waals surface area contributed by atoms with Crippen LogP contribution in [0.4, 0.5) is 0 Å². The summed E-state index contributed by atoms with van der Waals surface area (Å²) in [6, 6.07) is 0. The van der Waals surface area contributed by atoms with Crippen molar-refractivity contribution in [1.29, 1.82) is 0 Å². The van der Waals surface area contributed by atoms with Crippen molar-refractivity contribution in [3.63, 3.8) is 0 Å². The number of carbonyl (C=O) groups is 1. The molecule has 0 bridgehead atoms. The maximum Gasteiger partial charge on any atom is 0.220 e. The molecule has 5 nitrogen and oxygen atoms in total. The van der Waals surface area contributed by atoms with Crippen molar-refractivity contribution in [1.82, 2.24) is 5.32 Å². The first-order valence-corrected chi connectivity index (χ1v) is 13.4. The molecule has 10 atom stereocenters. The van der Waals surface area contributed by atoms with E-state index in [0.717, 1.165) is 32.1 Å². The van der Waals surface area contributed by atoms with E-state index in [-0.39, 0.29) is 35.6 Å². The summed E-state index contributed by atoms with van der Waals surface area (Å²) in [6.07, 6.45) is 10.4. The highest BCUT2D eigenvalue weighted by molar-refractivity contribution is 5.75. The predicted molar refractivity (Wildman–Crippen MR) is 126 cm³/mol. The SMILES string of the molecule is C[C@H](CCC(=O)NCCCO)[C@H]1CC[C@H]2[C@@H]3[C@H](O)C[C@@H]4C[C@H](O)CC[C@]4(C)[C@H]3CC[C@]12C. The standard InChI is InChI=1S/C27H47NO4/c1-17(5-8-24(32)28-13-4-14-29)20-6-7-21-25-22(10-12-27(20,21)3)26(2)11-9-19(30)15-18(26)16-23(25)31/h17-23,25,29-31H,4-16H2,1-3H3,(H,28,32)/t17-,18+,19-,20-,21+,22+,23-,25+,26+,27-/m1/s1. The number of aliphatic hydroxyl groups excluding tert-OH is 3. The minimum atomic E-state index is -0.223. The largest absolute Gasteiger partial charge is 0.396 e. The van der Waals surface area contributed by atoms with Crippen molar-refractivity contribution in [2.45, 2.75) is 104 Å². The zero-order valence-electron chi connectivity index (χ0n) is 20.6. The Bertz CT molecular complexity index is 670. The highest BCUT2D eigenvalue weighted by Gasteiger charge is 2.62. The molecule has 5 heteroatoms. The number of rotatable bonds is 7. The fourth-order valence-electron chi connectivity index (χ4n) is 9.13. The molecule has 0 aromatic carbocycles. The smallest absolute Gasteiger partial charge is 0.220 e. The van der Waals surface area contributed by atoms with Gasteiger partial charge in [0, 0.05) is 19.6 Å². The molecule has 0 heterocycles. The number of amides is 1. The molecule has 0 spiro atoms. The van der Waals surface area contributed by atoms with Crippen LogP contribution >= 0.6 is 0 Å². The van der Waals surface area contributed by atoms with Crippen molar-refractivity contribution in [2.24, 2.45) is 46.3 Å². The van der Waals surface area contributed by atoms with E-state index in [4.69, 9.17) is 5.11 Å². The van der Waals surface area contributed by atoms with Gasteiger partial charge in [0.15, 0.2) is 0 Å². The van der Waals surface area contributed by atoms with Crippen molar-refractivity contribution >= 4 is 5.91 Å². The molecule has 0 unspecified atom stereocenters. The third-order valence-electron chi connectivity index (χ3n) is 10.9. The Hall–Kier alpha value is -0.650. The fraction of sp³-hybridized carbons (Fsp3) is 0.963. The van der Waals surface area contributed by atoms with Crippen LogP contribution in [0, 0.1) is 46.3 Å². The number of aliphatic hydroxyl groups is 3. The average Bonchev–Trinajstić information content (AvgIpc) is 3.11. The van der Waals surface area contributed by atoms with Gasteiger partial charge in [0.1, 0.15) is 0 Å². The molecule has 0 saturated heterocycles. The summed E-state index contributed by atoms with van der Waals surface area (Å²) in [6.45, 7) is 7.98. The molecule has 0 radical (unpaired) electrons. The van der Waals surface area contributed by atoms with Crippen LogP contribution in [0.25, 0.3) is 0 Å². The monoisotopic (exact) mass is 449 g/mol. The van der Waals surface area contributed by atoms with Crippen LogP contribution in [0.15, 0.2) is 0 Å². The minimum absolute atomic E-state index is 0.106. The molecule has 1 amide bonds. The van der Waals surface area contributed by atoms with Gasteiger partial charge >= 0.3 is 0 Å². The number of hydrogen-bond acceptors (Lipinski definition) is 4. The summed E-state index contributed by atoms with van der Waals surface area (Å²) in [7, 11) is 0. The number of carbonyl (C=O) groups excluding carboxylic acids is 1. The Morgan fingerprint density at radius 2 is 1.75 bits per heavy atom. The van der Waals surface area contributed by atoms with Gasteiger partial charge in [-0.2, -0.15) is 0 Å². The van der Waals surface area contributed by atoms with Crippen LogP contribution in [0.3, 0.4) is 0 Å². The fourth-order valence-corrected chi connectivity index (χ4v) is 9.13. The first kappa shape index (κ1) is 24.5. The van der Waals surface area contributed by atoms with Gasteiger partial charge < -0.3 is 20.6 Å². The van der Waals surface area contributed by atoms with Crippen LogP contribution in [-0.4, -0.2) is 46.6 Å². The number of hydrogen-bond donors (Lipinski definition) is 4.